The Morgan fingerprint density at radius 2 is 1.90 bits per heavy atom. The van der Waals surface area contributed by atoms with Crippen LogP contribution in [0.4, 0.5) is 10.1 Å². The van der Waals surface area contributed by atoms with Crippen molar-refractivity contribution < 1.29 is 13.9 Å². The second-order valence-electron chi connectivity index (χ2n) is 6.20. The van der Waals surface area contributed by atoms with E-state index in [1.165, 1.54) is 12.1 Å². The highest BCUT2D eigenvalue weighted by atomic mass is 127. The largest absolute Gasteiger partial charge is 0.488 e. The molecule has 0 spiro atoms. The van der Waals surface area contributed by atoms with Crippen molar-refractivity contribution in [2.75, 3.05) is 5.32 Å². The van der Waals surface area contributed by atoms with Gasteiger partial charge in [0.15, 0.2) is 0 Å². The molecule has 3 rings (SSSR count). The lowest BCUT2D eigenvalue weighted by atomic mass is 10.1. The van der Waals surface area contributed by atoms with E-state index in [0.717, 1.165) is 3.57 Å². The molecule has 4 nitrogen and oxygen atoms in total. The molecule has 0 aliphatic rings. The maximum absolute atomic E-state index is 13.7. The number of carbonyl (C=O) groups is 1. The standard InChI is InChI=1S/C23H15ClFIN2O2/c24-18-6-8-19(9-7-18)28-23(29)17(13-27)11-15-5-10-22(21(26)12-15)30-14-16-3-1-2-4-20(16)25/h1-12H,14H2,(H,28,29)/b17-11-. The zero-order valence-electron chi connectivity index (χ0n) is 15.5. The number of nitrogens with one attached hydrogen (secondary N) is 1. The van der Waals surface area contributed by atoms with Gasteiger partial charge in [0.1, 0.15) is 29.8 Å². The summed E-state index contributed by atoms with van der Waals surface area (Å²) >= 11 is 7.92. The highest BCUT2D eigenvalue weighted by Crippen LogP contribution is 2.25. The van der Waals surface area contributed by atoms with Crippen molar-refractivity contribution in [2.24, 2.45) is 0 Å². The van der Waals surface area contributed by atoms with Gasteiger partial charge in [-0.15, -0.1) is 0 Å². The zero-order valence-corrected chi connectivity index (χ0v) is 18.4. The van der Waals surface area contributed by atoms with Gasteiger partial charge in [-0.1, -0.05) is 35.9 Å². The highest BCUT2D eigenvalue weighted by Gasteiger charge is 2.11. The SMILES string of the molecule is N#C/C(=C/c1ccc(OCc2ccccc2F)c(I)c1)C(=O)Nc1ccc(Cl)cc1. The van der Waals surface area contributed by atoms with Crippen LogP contribution < -0.4 is 10.1 Å². The summed E-state index contributed by atoms with van der Waals surface area (Å²) in [6.45, 7) is 0.102. The molecule has 0 heterocycles. The summed E-state index contributed by atoms with van der Waals surface area (Å²) in [5.41, 5.74) is 1.63. The van der Waals surface area contributed by atoms with Crippen molar-refractivity contribution in [2.45, 2.75) is 6.61 Å². The smallest absolute Gasteiger partial charge is 0.266 e. The molecule has 0 radical (unpaired) electrons. The van der Waals surface area contributed by atoms with Crippen LogP contribution in [0.5, 0.6) is 5.75 Å². The Labute approximate surface area is 192 Å². The Kier molecular flexibility index (Phi) is 7.44. The minimum absolute atomic E-state index is 0.0409. The van der Waals surface area contributed by atoms with E-state index >= 15 is 0 Å². The summed E-state index contributed by atoms with van der Waals surface area (Å²) in [5.74, 6) is -0.257. The lowest BCUT2D eigenvalue weighted by Crippen LogP contribution is -2.13. The summed E-state index contributed by atoms with van der Waals surface area (Å²) in [6.07, 6.45) is 1.49. The van der Waals surface area contributed by atoms with Crippen LogP contribution in [-0.4, -0.2) is 5.91 Å². The first-order chi connectivity index (χ1) is 14.5. The maximum atomic E-state index is 13.7. The predicted molar refractivity (Wildman–Crippen MR) is 124 cm³/mol. The van der Waals surface area contributed by atoms with Crippen LogP contribution >= 0.6 is 34.2 Å². The molecule has 1 amide bonds. The summed E-state index contributed by atoms with van der Waals surface area (Å²) < 4.78 is 20.2. The Bertz CT molecular complexity index is 1140. The molecule has 0 saturated heterocycles. The van der Waals surface area contributed by atoms with Gasteiger partial charge >= 0.3 is 0 Å². The third kappa shape index (κ3) is 5.81. The topological polar surface area (TPSA) is 62.1 Å². The summed E-state index contributed by atoms with van der Waals surface area (Å²) in [5, 5.41) is 12.6. The molecular formula is C23H15ClFIN2O2. The molecule has 3 aromatic carbocycles. The quantitative estimate of drug-likeness (QED) is 0.233. The number of hydrogen-bond donors (Lipinski definition) is 1. The van der Waals surface area contributed by atoms with Gasteiger partial charge in [-0.3, -0.25) is 4.79 Å². The predicted octanol–water partition coefficient (Wildman–Crippen LogP) is 6.21. The van der Waals surface area contributed by atoms with Gasteiger partial charge in [0.05, 0.1) is 3.57 Å². The Hall–Kier alpha value is -2.89. The molecular weight excluding hydrogens is 518 g/mol. The van der Waals surface area contributed by atoms with Gasteiger partial charge in [-0.05, 0) is 76.7 Å². The zero-order chi connectivity index (χ0) is 21.5. The molecule has 0 aliphatic heterocycles. The van der Waals surface area contributed by atoms with E-state index in [2.05, 4.69) is 27.9 Å². The fourth-order valence-electron chi connectivity index (χ4n) is 2.54. The second-order valence-corrected chi connectivity index (χ2v) is 7.80. The Morgan fingerprint density at radius 1 is 1.17 bits per heavy atom. The van der Waals surface area contributed by atoms with Crippen molar-refractivity contribution in [1.82, 2.24) is 0 Å². The third-order valence-electron chi connectivity index (χ3n) is 4.08. The Morgan fingerprint density at radius 3 is 2.57 bits per heavy atom. The normalized spacial score (nSPS) is 10.9. The lowest BCUT2D eigenvalue weighted by molar-refractivity contribution is -0.112. The fraction of sp³-hybridized carbons (Fsp3) is 0.0435. The minimum atomic E-state index is -0.519. The Balaban J connectivity index is 1.71. The number of carbonyl (C=O) groups excluding carboxylic acids is 1. The molecule has 7 heteroatoms. The number of hydrogen-bond acceptors (Lipinski definition) is 3. The third-order valence-corrected chi connectivity index (χ3v) is 5.17. The lowest BCUT2D eigenvalue weighted by Gasteiger charge is -2.10. The highest BCUT2D eigenvalue weighted by molar-refractivity contribution is 14.1. The second kappa shape index (κ2) is 10.2. The van der Waals surface area contributed by atoms with E-state index in [1.54, 1.807) is 60.7 Å². The van der Waals surface area contributed by atoms with Crippen molar-refractivity contribution in [1.29, 1.82) is 5.26 Å². The molecule has 0 aliphatic carbocycles. The number of halogens is 3. The van der Waals surface area contributed by atoms with Crippen LogP contribution in [0.1, 0.15) is 11.1 Å². The molecule has 150 valence electrons. The van der Waals surface area contributed by atoms with E-state index in [9.17, 15) is 14.4 Å². The number of benzene rings is 3. The monoisotopic (exact) mass is 532 g/mol. The summed E-state index contributed by atoms with van der Waals surface area (Å²) in [4.78, 5) is 12.4. The number of nitriles is 1. The fourth-order valence-corrected chi connectivity index (χ4v) is 3.36. The van der Waals surface area contributed by atoms with Crippen LogP contribution in [0, 0.1) is 20.7 Å². The molecule has 0 aromatic heterocycles. The van der Waals surface area contributed by atoms with Gasteiger partial charge in [0.2, 0.25) is 0 Å². The number of anilines is 1. The van der Waals surface area contributed by atoms with Gasteiger partial charge < -0.3 is 10.1 Å². The molecule has 0 saturated carbocycles. The molecule has 1 N–H and O–H groups in total. The summed E-state index contributed by atoms with van der Waals surface area (Å²) in [7, 11) is 0. The van der Waals surface area contributed by atoms with Crippen LogP contribution in [0.2, 0.25) is 5.02 Å². The van der Waals surface area contributed by atoms with Gasteiger partial charge in [-0.2, -0.15) is 5.26 Å². The first-order valence-electron chi connectivity index (χ1n) is 8.81. The van der Waals surface area contributed by atoms with Crippen LogP contribution in [0.25, 0.3) is 6.08 Å². The van der Waals surface area contributed by atoms with Crippen molar-refractivity contribution >= 4 is 51.9 Å². The van der Waals surface area contributed by atoms with Gasteiger partial charge in [-0.25, -0.2) is 4.39 Å². The van der Waals surface area contributed by atoms with E-state index in [-0.39, 0.29) is 18.0 Å². The molecule has 0 fully saturated rings. The van der Waals surface area contributed by atoms with Crippen LogP contribution in [-0.2, 0) is 11.4 Å². The molecule has 30 heavy (non-hydrogen) atoms. The molecule has 3 aromatic rings. The van der Waals surface area contributed by atoms with Gasteiger partial charge in [0.25, 0.3) is 5.91 Å². The van der Waals surface area contributed by atoms with E-state index in [1.807, 2.05) is 6.07 Å². The van der Waals surface area contributed by atoms with Gasteiger partial charge in [0, 0.05) is 16.3 Å². The molecule has 0 unspecified atom stereocenters. The van der Waals surface area contributed by atoms with Crippen LogP contribution in [0.3, 0.4) is 0 Å². The number of nitrogens with zero attached hydrogens (tertiary/aromatic N) is 1. The first-order valence-corrected chi connectivity index (χ1v) is 10.3. The number of amides is 1. The van der Waals surface area contributed by atoms with Crippen molar-refractivity contribution in [3.8, 4) is 11.8 Å². The van der Waals surface area contributed by atoms with Crippen molar-refractivity contribution in [3.05, 3.63) is 97.8 Å². The summed E-state index contributed by atoms with van der Waals surface area (Å²) in [6, 6.07) is 20.2. The molecule has 0 bridgehead atoms. The van der Waals surface area contributed by atoms with Crippen molar-refractivity contribution in [3.63, 3.8) is 0 Å². The maximum Gasteiger partial charge on any atom is 0.266 e. The van der Waals surface area contributed by atoms with E-state index in [4.69, 9.17) is 16.3 Å². The minimum Gasteiger partial charge on any atom is -0.488 e. The first kappa shape index (κ1) is 21.8. The molecule has 0 atom stereocenters. The van der Waals surface area contributed by atoms with E-state index < -0.39 is 5.91 Å². The van der Waals surface area contributed by atoms with Crippen LogP contribution in [0.15, 0.2) is 72.3 Å². The number of rotatable bonds is 6. The average Bonchev–Trinajstić information content (AvgIpc) is 2.74. The average molecular weight is 533 g/mol. The van der Waals surface area contributed by atoms with E-state index in [0.29, 0.717) is 27.6 Å². The number of ether oxygens (including phenoxy) is 1.